The molecule has 1 saturated carbocycles. The predicted octanol–water partition coefficient (Wildman–Crippen LogP) is 4.11. The lowest BCUT2D eigenvalue weighted by Crippen LogP contribution is -2.33. The summed E-state index contributed by atoms with van der Waals surface area (Å²) in [6, 6.07) is 12.3. The van der Waals surface area contributed by atoms with E-state index in [9.17, 15) is 23.1 Å². The molecule has 1 unspecified atom stereocenters. The highest BCUT2D eigenvalue weighted by molar-refractivity contribution is 8.26. The van der Waals surface area contributed by atoms with Gasteiger partial charge in [-0.15, -0.1) is 0 Å². The molecule has 4 rings (SSSR count). The summed E-state index contributed by atoms with van der Waals surface area (Å²) in [5, 5.41) is 9.26. The third-order valence-electron chi connectivity index (χ3n) is 4.75. The fourth-order valence-corrected chi connectivity index (χ4v) is 4.53. The molecule has 1 aromatic heterocycles. The van der Waals surface area contributed by atoms with E-state index in [-0.39, 0.29) is 13.0 Å². The number of hydrogen-bond donors (Lipinski definition) is 2. The van der Waals surface area contributed by atoms with Gasteiger partial charge in [0.25, 0.3) is 5.92 Å². The summed E-state index contributed by atoms with van der Waals surface area (Å²) in [7, 11) is -1.97. The number of benzene rings is 1. The molecule has 2 aliphatic rings. The Morgan fingerprint density at radius 1 is 1.31 bits per heavy atom. The van der Waals surface area contributed by atoms with Crippen LogP contribution in [0.1, 0.15) is 12.0 Å². The number of fused-ring (bicyclic) bond motifs is 1. The summed E-state index contributed by atoms with van der Waals surface area (Å²) in [6.07, 6.45) is -0.251. The molecule has 0 spiro atoms. The Morgan fingerprint density at radius 2 is 2.00 bits per heavy atom. The van der Waals surface area contributed by atoms with Gasteiger partial charge in [-0.1, -0.05) is 18.2 Å². The smallest absolute Gasteiger partial charge is 0.253 e. The van der Waals surface area contributed by atoms with Crippen LogP contribution in [0.3, 0.4) is 0 Å². The molecule has 0 amide bonds. The van der Waals surface area contributed by atoms with E-state index >= 15 is 0 Å². The number of anilines is 2. The van der Waals surface area contributed by atoms with Gasteiger partial charge in [-0.05, 0) is 29.2 Å². The van der Waals surface area contributed by atoms with Crippen LogP contribution in [0.15, 0.2) is 36.4 Å². The summed E-state index contributed by atoms with van der Waals surface area (Å²) in [5.74, 6) is -3.36. The van der Waals surface area contributed by atoms with Crippen LogP contribution in [-0.4, -0.2) is 33.6 Å². The van der Waals surface area contributed by atoms with E-state index in [0.29, 0.717) is 28.3 Å². The fraction of sp³-hybridized carbons (Fsp3) is 0.294. The SMILES string of the molecule is CN1c2nc(-c3ccccc3C#N)ccc2N(CC2CC2(F)F)S1(O)O. The van der Waals surface area contributed by atoms with Gasteiger partial charge in [-0.3, -0.25) is 9.11 Å². The summed E-state index contributed by atoms with van der Waals surface area (Å²) in [6.45, 7) is -0.150. The number of pyridine rings is 1. The van der Waals surface area contributed by atoms with Gasteiger partial charge in [0, 0.05) is 31.5 Å². The van der Waals surface area contributed by atoms with E-state index in [1.165, 1.54) is 15.7 Å². The maximum atomic E-state index is 13.3. The molecule has 9 heteroatoms. The molecule has 0 bridgehead atoms. The first-order chi connectivity index (χ1) is 12.3. The van der Waals surface area contributed by atoms with Crippen molar-refractivity contribution in [3.05, 3.63) is 42.0 Å². The molecule has 0 radical (unpaired) electrons. The van der Waals surface area contributed by atoms with Gasteiger partial charge in [0.15, 0.2) is 5.82 Å². The predicted molar refractivity (Wildman–Crippen MR) is 96.0 cm³/mol. The highest BCUT2D eigenvalue weighted by Crippen LogP contribution is 2.62. The first-order valence-electron chi connectivity index (χ1n) is 7.94. The van der Waals surface area contributed by atoms with Crippen LogP contribution in [0, 0.1) is 17.2 Å². The molecular weight excluding hydrogens is 362 g/mol. The molecule has 0 saturated heterocycles. The number of nitriles is 1. The van der Waals surface area contributed by atoms with Crippen LogP contribution in [0.5, 0.6) is 0 Å². The lowest BCUT2D eigenvalue weighted by Gasteiger charge is -2.41. The van der Waals surface area contributed by atoms with Crippen molar-refractivity contribution in [2.24, 2.45) is 5.92 Å². The Kier molecular flexibility index (Phi) is 3.63. The monoisotopic (exact) mass is 378 g/mol. The van der Waals surface area contributed by atoms with Crippen LogP contribution >= 0.6 is 11.0 Å². The minimum Gasteiger partial charge on any atom is -0.264 e. The number of halogens is 2. The first kappa shape index (κ1) is 17.0. The average molecular weight is 378 g/mol. The van der Waals surface area contributed by atoms with E-state index in [1.807, 2.05) is 0 Å². The molecule has 2 aromatic rings. The highest BCUT2D eigenvalue weighted by atomic mass is 32.3. The molecule has 1 atom stereocenters. The summed E-state index contributed by atoms with van der Waals surface area (Å²) in [5.41, 5.74) is 1.96. The van der Waals surface area contributed by atoms with Gasteiger partial charge in [0.05, 0.1) is 17.3 Å². The van der Waals surface area contributed by atoms with Gasteiger partial charge in [0.2, 0.25) is 0 Å². The lowest BCUT2D eigenvalue weighted by molar-refractivity contribution is 0.101. The Morgan fingerprint density at radius 3 is 2.65 bits per heavy atom. The zero-order chi connectivity index (χ0) is 18.7. The van der Waals surface area contributed by atoms with E-state index < -0.39 is 22.8 Å². The number of hydrogen-bond acceptors (Lipinski definition) is 6. The molecule has 2 N–H and O–H groups in total. The van der Waals surface area contributed by atoms with Crippen LogP contribution in [0.25, 0.3) is 11.3 Å². The second-order valence-corrected chi connectivity index (χ2v) is 8.38. The Hall–Kier alpha value is -2.41. The zero-order valence-electron chi connectivity index (χ0n) is 13.8. The van der Waals surface area contributed by atoms with Crippen molar-refractivity contribution in [2.45, 2.75) is 12.3 Å². The Bertz CT molecular complexity index is 931. The van der Waals surface area contributed by atoms with E-state index in [4.69, 9.17) is 0 Å². The summed E-state index contributed by atoms with van der Waals surface area (Å²) >= 11 is 0. The summed E-state index contributed by atoms with van der Waals surface area (Å²) < 4.78 is 50.0. The van der Waals surface area contributed by atoms with Crippen LogP contribution < -0.4 is 8.61 Å². The third-order valence-corrected chi connectivity index (χ3v) is 6.59. The first-order valence-corrected chi connectivity index (χ1v) is 9.40. The second kappa shape index (κ2) is 5.54. The average Bonchev–Trinajstić information content (AvgIpc) is 3.19. The van der Waals surface area contributed by atoms with E-state index in [1.54, 1.807) is 36.4 Å². The van der Waals surface area contributed by atoms with Crippen molar-refractivity contribution in [1.82, 2.24) is 4.98 Å². The van der Waals surface area contributed by atoms with Crippen molar-refractivity contribution < 1.29 is 17.9 Å². The van der Waals surface area contributed by atoms with Crippen LogP contribution in [0.2, 0.25) is 0 Å². The van der Waals surface area contributed by atoms with Gasteiger partial charge in [-0.25, -0.2) is 22.4 Å². The van der Waals surface area contributed by atoms with Crippen LogP contribution in [0.4, 0.5) is 20.3 Å². The lowest BCUT2D eigenvalue weighted by atomic mass is 10.0. The Labute approximate surface area is 150 Å². The van der Waals surface area contributed by atoms with Crippen molar-refractivity contribution in [1.29, 1.82) is 5.26 Å². The van der Waals surface area contributed by atoms with Crippen molar-refractivity contribution in [2.75, 3.05) is 22.2 Å². The minimum atomic E-state index is -3.44. The van der Waals surface area contributed by atoms with Gasteiger partial charge in [0.1, 0.15) is 5.69 Å². The molecule has 136 valence electrons. The maximum absolute atomic E-state index is 13.3. The number of rotatable bonds is 3. The normalized spacial score (nSPS) is 23.3. The molecule has 26 heavy (non-hydrogen) atoms. The van der Waals surface area contributed by atoms with E-state index in [0.717, 1.165) is 0 Å². The minimum absolute atomic E-state index is 0.150. The van der Waals surface area contributed by atoms with Crippen molar-refractivity contribution >= 4 is 22.5 Å². The number of nitrogens with zero attached hydrogens (tertiary/aromatic N) is 4. The van der Waals surface area contributed by atoms with E-state index in [2.05, 4.69) is 11.1 Å². The molecule has 1 aromatic carbocycles. The number of aromatic nitrogens is 1. The van der Waals surface area contributed by atoms with Crippen molar-refractivity contribution in [3.63, 3.8) is 0 Å². The van der Waals surface area contributed by atoms with Crippen molar-refractivity contribution in [3.8, 4) is 17.3 Å². The highest BCUT2D eigenvalue weighted by Gasteiger charge is 2.59. The number of alkyl halides is 2. The Balaban J connectivity index is 1.74. The van der Waals surface area contributed by atoms with Gasteiger partial charge in [-0.2, -0.15) is 5.26 Å². The van der Waals surface area contributed by atoms with Crippen LogP contribution in [-0.2, 0) is 0 Å². The largest absolute Gasteiger partial charge is 0.264 e. The van der Waals surface area contributed by atoms with Gasteiger partial charge < -0.3 is 0 Å². The maximum Gasteiger partial charge on any atom is 0.253 e. The molecular formula is C17H16F2N4O2S. The molecule has 1 aliphatic heterocycles. The fourth-order valence-electron chi connectivity index (χ4n) is 3.08. The molecule has 1 fully saturated rings. The van der Waals surface area contributed by atoms with Gasteiger partial charge >= 0.3 is 0 Å². The standard InChI is InChI=1S/C17H16F2N4O2S/c1-22-16-15(23(26(22,24)25)10-12-8-17(12,18)19)7-6-14(21-16)13-5-3-2-4-11(13)9-20/h2-7,12,24-25H,8,10H2,1H3. The topological polar surface area (TPSA) is 83.6 Å². The third kappa shape index (κ3) is 2.49. The quantitative estimate of drug-likeness (QED) is 0.836. The molecule has 1 aliphatic carbocycles. The molecule has 2 heterocycles. The summed E-state index contributed by atoms with van der Waals surface area (Å²) in [4.78, 5) is 4.47. The molecule has 6 nitrogen and oxygen atoms in total. The second-order valence-electron chi connectivity index (χ2n) is 6.41. The zero-order valence-corrected chi connectivity index (χ0v) is 14.6.